The molecular formula is C33H39N3O5. The molecule has 2 aliphatic heterocycles. The van der Waals surface area contributed by atoms with E-state index in [9.17, 15) is 4.79 Å². The summed E-state index contributed by atoms with van der Waals surface area (Å²) in [6, 6.07) is 14.7. The van der Waals surface area contributed by atoms with Crippen molar-refractivity contribution in [3.63, 3.8) is 0 Å². The van der Waals surface area contributed by atoms with Crippen molar-refractivity contribution in [1.29, 1.82) is 0 Å². The molecule has 0 bridgehead atoms. The molecule has 6 rings (SSSR count). The molecule has 0 spiro atoms. The van der Waals surface area contributed by atoms with Gasteiger partial charge in [0.05, 0.1) is 36.1 Å². The molecule has 1 aromatic heterocycles. The zero-order chi connectivity index (χ0) is 28.5. The summed E-state index contributed by atoms with van der Waals surface area (Å²) in [5.41, 5.74) is 7.04. The lowest BCUT2D eigenvalue weighted by Crippen LogP contribution is -2.25. The molecule has 3 aliphatic rings. The third-order valence-corrected chi connectivity index (χ3v) is 8.16. The number of carbonyl (C=O) groups is 1. The first kappa shape index (κ1) is 27.4. The van der Waals surface area contributed by atoms with Crippen molar-refractivity contribution in [2.45, 2.75) is 78.0 Å². The number of carbonyl (C=O) groups excluding carboxylic acids is 1. The second kappa shape index (κ2) is 11.6. The van der Waals surface area contributed by atoms with E-state index >= 15 is 0 Å². The number of ether oxygens (including phenoxy) is 4. The van der Waals surface area contributed by atoms with Crippen molar-refractivity contribution in [2.75, 3.05) is 25.1 Å². The zero-order valence-corrected chi connectivity index (χ0v) is 24.4. The molecule has 3 heterocycles. The van der Waals surface area contributed by atoms with E-state index in [2.05, 4.69) is 47.1 Å². The van der Waals surface area contributed by atoms with Crippen LogP contribution in [0.15, 0.2) is 58.7 Å². The van der Waals surface area contributed by atoms with Crippen molar-refractivity contribution in [3.8, 4) is 17.0 Å². The Kier molecular flexibility index (Phi) is 7.75. The van der Waals surface area contributed by atoms with Gasteiger partial charge in [-0.1, -0.05) is 12.1 Å². The topological polar surface area (TPSA) is 83.3 Å². The van der Waals surface area contributed by atoms with Gasteiger partial charge in [0.15, 0.2) is 0 Å². The maximum Gasteiger partial charge on any atom is 0.411 e. The summed E-state index contributed by atoms with van der Waals surface area (Å²) in [4.78, 5) is 17.1. The standard InChI is InChI=1S/C33H39N3O5/c1-20(2)40-33(37)35-24-10-8-23(9-11-24)31-30(32-34-22(4)21(3)19-39-32)28-13-12-27(41-26-14-16-38-17-15-26)18-29(28)36(31)25-6-5-7-25/h8-13,18,20,25-26H,5-7,14-17,19H2,1-4H3,(H,35,37). The Bertz CT molecular complexity index is 1490. The number of nitrogens with one attached hydrogen (secondary N) is 1. The average Bonchev–Trinajstić information content (AvgIpc) is 3.24. The summed E-state index contributed by atoms with van der Waals surface area (Å²) < 4.78 is 26.0. The van der Waals surface area contributed by atoms with Crippen LogP contribution in [0.3, 0.4) is 0 Å². The van der Waals surface area contributed by atoms with Crippen LogP contribution in [-0.2, 0) is 14.2 Å². The summed E-state index contributed by atoms with van der Waals surface area (Å²) in [5, 5.41) is 3.92. The van der Waals surface area contributed by atoms with Gasteiger partial charge in [-0.3, -0.25) is 5.32 Å². The molecule has 1 saturated heterocycles. The number of amides is 1. The fraction of sp³-hybridized carbons (Fsp3) is 0.455. The van der Waals surface area contributed by atoms with Crippen LogP contribution in [-0.4, -0.2) is 48.6 Å². The number of rotatable bonds is 7. The van der Waals surface area contributed by atoms with Gasteiger partial charge in [0.25, 0.3) is 0 Å². The normalized spacial score (nSPS) is 18.2. The molecule has 3 aromatic rings. The molecule has 0 atom stereocenters. The van der Waals surface area contributed by atoms with Crippen molar-refractivity contribution in [3.05, 3.63) is 59.3 Å². The fourth-order valence-electron chi connectivity index (χ4n) is 5.64. The third kappa shape index (κ3) is 5.71. The highest BCUT2D eigenvalue weighted by molar-refractivity contribution is 6.13. The lowest BCUT2D eigenvalue weighted by molar-refractivity contribution is 0.0256. The molecule has 8 heteroatoms. The van der Waals surface area contributed by atoms with Gasteiger partial charge < -0.3 is 23.5 Å². The minimum atomic E-state index is -0.461. The maximum absolute atomic E-state index is 12.2. The van der Waals surface area contributed by atoms with Gasteiger partial charge in [0, 0.05) is 41.7 Å². The highest BCUT2D eigenvalue weighted by Crippen LogP contribution is 2.44. The van der Waals surface area contributed by atoms with Gasteiger partial charge in [-0.15, -0.1) is 0 Å². The quantitative estimate of drug-likeness (QED) is 0.323. The van der Waals surface area contributed by atoms with Crippen molar-refractivity contribution in [2.24, 2.45) is 4.99 Å². The van der Waals surface area contributed by atoms with E-state index in [1.54, 1.807) is 0 Å². The molecule has 2 aromatic carbocycles. The molecule has 2 fully saturated rings. The van der Waals surface area contributed by atoms with E-state index in [0.29, 0.717) is 24.2 Å². The summed E-state index contributed by atoms with van der Waals surface area (Å²) in [6.45, 7) is 9.76. The SMILES string of the molecule is CC1=C(C)N=C(c2c(-c3ccc(NC(=O)OC(C)C)cc3)n(C3CCC3)c3cc(OC4CCOCC4)ccc23)OC1. The van der Waals surface area contributed by atoms with Crippen LogP contribution in [0, 0.1) is 0 Å². The molecule has 41 heavy (non-hydrogen) atoms. The Morgan fingerprint density at radius 1 is 1.05 bits per heavy atom. The van der Waals surface area contributed by atoms with E-state index in [4.69, 9.17) is 23.9 Å². The van der Waals surface area contributed by atoms with Crippen LogP contribution in [0.5, 0.6) is 5.75 Å². The molecule has 216 valence electrons. The molecule has 1 saturated carbocycles. The molecule has 1 amide bonds. The number of aromatic nitrogens is 1. The van der Waals surface area contributed by atoms with Crippen molar-refractivity contribution < 1.29 is 23.7 Å². The average molecular weight is 558 g/mol. The summed E-state index contributed by atoms with van der Waals surface area (Å²) in [6.07, 6.45) is 4.76. The lowest BCUT2D eigenvalue weighted by atomic mass is 9.92. The van der Waals surface area contributed by atoms with E-state index in [0.717, 1.165) is 83.6 Å². The molecule has 0 radical (unpaired) electrons. The Morgan fingerprint density at radius 2 is 1.80 bits per heavy atom. The number of benzene rings is 2. The van der Waals surface area contributed by atoms with Gasteiger partial charge >= 0.3 is 6.09 Å². The minimum Gasteiger partial charge on any atom is -0.490 e. The molecule has 1 N–H and O–H groups in total. The van der Waals surface area contributed by atoms with E-state index in [1.165, 1.54) is 6.42 Å². The van der Waals surface area contributed by atoms with E-state index < -0.39 is 6.09 Å². The van der Waals surface area contributed by atoms with Gasteiger partial charge in [-0.25, -0.2) is 9.79 Å². The van der Waals surface area contributed by atoms with Crippen LogP contribution in [0.2, 0.25) is 0 Å². The predicted octanol–water partition coefficient (Wildman–Crippen LogP) is 7.62. The molecule has 0 unspecified atom stereocenters. The van der Waals surface area contributed by atoms with Crippen LogP contribution in [0.1, 0.15) is 71.4 Å². The first-order valence-electron chi connectivity index (χ1n) is 14.8. The predicted molar refractivity (Wildman–Crippen MR) is 161 cm³/mol. The van der Waals surface area contributed by atoms with Gasteiger partial charge in [0.1, 0.15) is 18.5 Å². The fourth-order valence-corrected chi connectivity index (χ4v) is 5.64. The summed E-state index contributed by atoms with van der Waals surface area (Å²) in [7, 11) is 0. The molecule has 8 nitrogen and oxygen atoms in total. The number of fused-ring (bicyclic) bond motifs is 1. The Labute approximate surface area is 241 Å². The Balaban J connectivity index is 1.47. The van der Waals surface area contributed by atoms with Gasteiger partial charge in [0.2, 0.25) is 5.90 Å². The van der Waals surface area contributed by atoms with Gasteiger partial charge in [-0.2, -0.15) is 0 Å². The number of allylic oxidation sites excluding steroid dienone is 1. The van der Waals surface area contributed by atoms with Crippen LogP contribution in [0.25, 0.3) is 22.2 Å². The molecule has 1 aliphatic carbocycles. The van der Waals surface area contributed by atoms with Crippen molar-refractivity contribution >= 4 is 28.6 Å². The van der Waals surface area contributed by atoms with E-state index in [-0.39, 0.29) is 12.2 Å². The third-order valence-electron chi connectivity index (χ3n) is 8.16. The number of aliphatic imine (C=N–C) groups is 1. The minimum absolute atomic E-state index is 0.163. The number of hydrogen-bond acceptors (Lipinski definition) is 6. The molecular weight excluding hydrogens is 518 g/mol. The second-order valence-electron chi connectivity index (χ2n) is 11.5. The van der Waals surface area contributed by atoms with Crippen LogP contribution >= 0.6 is 0 Å². The smallest absolute Gasteiger partial charge is 0.411 e. The van der Waals surface area contributed by atoms with Crippen LogP contribution < -0.4 is 10.1 Å². The summed E-state index contributed by atoms with van der Waals surface area (Å²) >= 11 is 0. The first-order valence-corrected chi connectivity index (χ1v) is 14.8. The van der Waals surface area contributed by atoms with Crippen LogP contribution in [0.4, 0.5) is 10.5 Å². The lowest BCUT2D eigenvalue weighted by Gasteiger charge is -2.31. The maximum atomic E-state index is 12.2. The monoisotopic (exact) mass is 557 g/mol. The number of nitrogens with zero attached hydrogens (tertiary/aromatic N) is 2. The second-order valence-corrected chi connectivity index (χ2v) is 11.5. The van der Waals surface area contributed by atoms with Crippen molar-refractivity contribution in [1.82, 2.24) is 4.57 Å². The van der Waals surface area contributed by atoms with Gasteiger partial charge in [-0.05, 0) is 82.4 Å². The zero-order valence-electron chi connectivity index (χ0n) is 24.4. The highest BCUT2D eigenvalue weighted by atomic mass is 16.6. The first-order chi connectivity index (χ1) is 19.9. The largest absolute Gasteiger partial charge is 0.490 e. The highest BCUT2D eigenvalue weighted by Gasteiger charge is 2.31. The summed E-state index contributed by atoms with van der Waals surface area (Å²) in [5.74, 6) is 1.52. The number of hydrogen-bond donors (Lipinski definition) is 1. The number of anilines is 1. The Morgan fingerprint density at radius 3 is 2.46 bits per heavy atom. The Hall–Kier alpha value is -3.78. The van der Waals surface area contributed by atoms with E-state index in [1.807, 2.05) is 32.9 Å².